The van der Waals surface area contributed by atoms with Crippen molar-refractivity contribution < 1.29 is 27.4 Å². The molecule has 2 aromatic carbocycles. The molecule has 4 atom stereocenters. The summed E-state index contributed by atoms with van der Waals surface area (Å²) in [5, 5.41) is 1.21. The zero-order valence-electron chi connectivity index (χ0n) is 29.9. The standard InChI is InChI=1S/C39H43ClF3N7O3/c1-47(27-12-16-49(22-27)31(51)10-8-26-11-15-48(26)17-18-52-2)37-29-20-44-35(28-6-3-5-24-7-9-30(42)33(40)32(24)28)34(43)36(29)45-38(46-37)53-23-39-13-4-14-50(39)21-25(41)19-39/h3,5-10,20,25-27H,4,11-19,21-23H2,1-2H3/b10-8+/t25-,26+,27-,39+/m1/s1. The van der Waals surface area contributed by atoms with Gasteiger partial charge in [-0.05, 0) is 43.7 Å². The van der Waals surface area contributed by atoms with Crippen LogP contribution in [0.3, 0.4) is 0 Å². The van der Waals surface area contributed by atoms with Gasteiger partial charge in [0.2, 0.25) is 5.91 Å². The van der Waals surface area contributed by atoms with E-state index < -0.39 is 23.3 Å². The van der Waals surface area contributed by atoms with Gasteiger partial charge in [-0.1, -0.05) is 41.9 Å². The van der Waals surface area contributed by atoms with Gasteiger partial charge in [0.1, 0.15) is 35.6 Å². The molecule has 4 saturated heterocycles. The number of halogens is 4. The van der Waals surface area contributed by atoms with Gasteiger partial charge in [-0.25, -0.2) is 13.2 Å². The number of aromatic nitrogens is 3. The van der Waals surface area contributed by atoms with Crippen molar-refractivity contribution in [3.8, 4) is 17.3 Å². The summed E-state index contributed by atoms with van der Waals surface area (Å²) in [5.41, 5.74) is -0.198. The number of alkyl halides is 1. The molecular weight excluding hydrogens is 707 g/mol. The van der Waals surface area contributed by atoms with Crippen molar-refractivity contribution in [1.82, 2.24) is 29.7 Å². The number of fused-ring (bicyclic) bond motifs is 3. The van der Waals surface area contributed by atoms with E-state index in [2.05, 4.69) is 19.8 Å². The minimum Gasteiger partial charge on any atom is -0.461 e. The van der Waals surface area contributed by atoms with Gasteiger partial charge in [0, 0.05) is 88.6 Å². The van der Waals surface area contributed by atoms with Gasteiger partial charge in [-0.2, -0.15) is 9.97 Å². The minimum absolute atomic E-state index is 0.0191. The summed E-state index contributed by atoms with van der Waals surface area (Å²) >= 11 is 6.43. The second kappa shape index (κ2) is 14.7. The molecule has 4 aliphatic rings. The quantitative estimate of drug-likeness (QED) is 0.170. The maximum Gasteiger partial charge on any atom is 0.319 e. The van der Waals surface area contributed by atoms with Gasteiger partial charge in [0.05, 0.1) is 22.6 Å². The topological polar surface area (TPSA) is 87.2 Å². The number of amides is 1. The molecule has 280 valence electrons. The van der Waals surface area contributed by atoms with E-state index in [4.69, 9.17) is 26.1 Å². The van der Waals surface area contributed by atoms with Crippen molar-refractivity contribution in [2.75, 3.05) is 71.5 Å². The number of nitrogens with zero attached hydrogens (tertiary/aromatic N) is 7. The molecule has 4 fully saturated rings. The lowest BCUT2D eigenvalue weighted by atomic mass is 9.95. The van der Waals surface area contributed by atoms with Gasteiger partial charge in [-0.3, -0.25) is 19.6 Å². The van der Waals surface area contributed by atoms with Gasteiger partial charge in [0.15, 0.2) is 5.82 Å². The van der Waals surface area contributed by atoms with E-state index in [0.29, 0.717) is 66.6 Å². The molecule has 6 heterocycles. The van der Waals surface area contributed by atoms with Crippen molar-refractivity contribution in [2.45, 2.75) is 55.9 Å². The van der Waals surface area contributed by atoms with Crippen molar-refractivity contribution in [2.24, 2.45) is 0 Å². The van der Waals surface area contributed by atoms with Crippen LogP contribution < -0.4 is 9.64 Å². The van der Waals surface area contributed by atoms with Crippen LogP contribution in [-0.2, 0) is 9.53 Å². The highest BCUT2D eigenvalue weighted by Crippen LogP contribution is 2.42. The van der Waals surface area contributed by atoms with E-state index in [-0.39, 0.29) is 46.8 Å². The van der Waals surface area contributed by atoms with E-state index in [0.717, 1.165) is 38.9 Å². The summed E-state index contributed by atoms with van der Waals surface area (Å²) in [6.07, 6.45) is 8.00. The molecule has 1 amide bonds. The number of anilines is 1. The first-order valence-electron chi connectivity index (χ1n) is 18.3. The summed E-state index contributed by atoms with van der Waals surface area (Å²) in [6, 6.07) is 8.10. The number of benzene rings is 2. The molecule has 0 aliphatic carbocycles. The summed E-state index contributed by atoms with van der Waals surface area (Å²) in [6.45, 7) is 4.81. The predicted octanol–water partition coefficient (Wildman–Crippen LogP) is 6.05. The lowest BCUT2D eigenvalue weighted by molar-refractivity contribution is -0.125. The van der Waals surface area contributed by atoms with Crippen LogP contribution in [0.5, 0.6) is 6.01 Å². The number of carbonyl (C=O) groups excluding carboxylic acids is 1. The van der Waals surface area contributed by atoms with Crippen molar-refractivity contribution in [3.63, 3.8) is 0 Å². The molecule has 53 heavy (non-hydrogen) atoms. The fourth-order valence-corrected chi connectivity index (χ4v) is 8.87. The fourth-order valence-electron chi connectivity index (χ4n) is 8.59. The number of likely N-dealkylation sites (tertiary alicyclic amines) is 2. The molecule has 10 nitrogen and oxygen atoms in total. The molecule has 4 aromatic rings. The summed E-state index contributed by atoms with van der Waals surface area (Å²) in [5.74, 6) is -1.00. The highest BCUT2D eigenvalue weighted by molar-refractivity contribution is 6.36. The van der Waals surface area contributed by atoms with Gasteiger partial charge < -0.3 is 19.3 Å². The van der Waals surface area contributed by atoms with Crippen molar-refractivity contribution in [3.05, 3.63) is 65.3 Å². The Morgan fingerprint density at radius 3 is 2.81 bits per heavy atom. The number of likely N-dealkylation sites (N-methyl/N-ethyl adjacent to an activating group) is 1. The number of rotatable bonds is 11. The average molecular weight is 750 g/mol. The first-order valence-corrected chi connectivity index (χ1v) is 18.7. The Balaban J connectivity index is 1.11. The van der Waals surface area contributed by atoms with E-state index in [1.165, 1.54) is 12.3 Å². The largest absolute Gasteiger partial charge is 0.461 e. The average Bonchev–Trinajstić information content (AvgIpc) is 3.87. The lowest BCUT2D eigenvalue weighted by Gasteiger charge is -2.39. The van der Waals surface area contributed by atoms with Crippen molar-refractivity contribution in [1.29, 1.82) is 0 Å². The number of hydrogen-bond acceptors (Lipinski definition) is 9. The highest BCUT2D eigenvalue weighted by Gasteiger charge is 2.49. The zero-order chi connectivity index (χ0) is 36.9. The molecule has 0 radical (unpaired) electrons. The monoisotopic (exact) mass is 749 g/mol. The minimum atomic E-state index is -0.937. The number of pyridine rings is 1. The number of ether oxygens (including phenoxy) is 2. The number of carbonyl (C=O) groups is 1. The van der Waals surface area contributed by atoms with Crippen LogP contribution in [0.1, 0.15) is 32.1 Å². The highest BCUT2D eigenvalue weighted by atomic mass is 35.5. The zero-order valence-corrected chi connectivity index (χ0v) is 30.7. The Labute approximate surface area is 311 Å². The molecular formula is C39H43ClF3N7O3. The normalized spacial score (nSPS) is 24.8. The molecule has 8 rings (SSSR count). The Morgan fingerprint density at radius 1 is 1.13 bits per heavy atom. The molecule has 2 aromatic heterocycles. The van der Waals surface area contributed by atoms with Crippen molar-refractivity contribution >= 4 is 45.0 Å². The molecule has 0 spiro atoms. The predicted molar refractivity (Wildman–Crippen MR) is 198 cm³/mol. The van der Waals surface area contributed by atoms with E-state index >= 15 is 4.39 Å². The smallest absolute Gasteiger partial charge is 0.319 e. The van der Waals surface area contributed by atoms with E-state index in [9.17, 15) is 13.6 Å². The second-order valence-corrected chi connectivity index (χ2v) is 15.1. The van der Waals surface area contributed by atoms with Crippen LogP contribution in [0.4, 0.5) is 19.0 Å². The second-order valence-electron chi connectivity index (χ2n) is 14.7. The van der Waals surface area contributed by atoms with Crippen LogP contribution >= 0.6 is 11.6 Å². The fraction of sp³-hybridized carbons (Fsp3) is 0.487. The molecule has 4 aliphatic heterocycles. The molecule has 0 unspecified atom stereocenters. The number of hydrogen-bond donors (Lipinski definition) is 0. The molecule has 0 bridgehead atoms. The Kier molecular flexibility index (Phi) is 9.94. The van der Waals surface area contributed by atoms with Crippen LogP contribution in [0.25, 0.3) is 32.9 Å². The van der Waals surface area contributed by atoms with Crippen LogP contribution in [0, 0.1) is 11.6 Å². The Morgan fingerprint density at radius 2 is 2.00 bits per heavy atom. The van der Waals surface area contributed by atoms with Crippen LogP contribution in [0.15, 0.2) is 48.7 Å². The third-order valence-electron chi connectivity index (χ3n) is 11.6. The Hall–Kier alpha value is -4.04. The number of methoxy groups -OCH3 is 1. The lowest BCUT2D eigenvalue weighted by Crippen LogP contribution is -2.48. The summed E-state index contributed by atoms with van der Waals surface area (Å²) in [4.78, 5) is 35.4. The van der Waals surface area contributed by atoms with Crippen LogP contribution in [-0.4, -0.2) is 126 Å². The maximum absolute atomic E-state index is 16.9. The van der Waals surface area contributed by atoms with Crippen LogP contribution in [0.2, 0.25) is 5.02 Å². The SMILES string of the molecule is COCCN1CC[C@@H]1/C=C/C(=O)N1CC[C@@H](N(C)c2nc(OC[C@@]34CCCN3C[C@H](F)C4)nc3c(F)c(-c4cccc5ccc(F)c(Cl)c45)ncc23)C1. The third kappa shape index (κ3) is 6.70. The van der Waals surface area contributed by atoms with E-state index in [1.54, 1.807) is 37.5 Å². The summed E-state index contributed by atoms with van der Waals surface area (Å²) in [7, 11) is 3.55. The molecule has 0 saturated carbocycles. The summed E-state index contributed by atoms with van der Waals surface area (Å²) < 4.78 is 57.6. The molecule has 0 N–H and O–H groups in total. The van der Waals surface area contributed by atoms with Gasteiger partial charge >= 0.3 is 6.01 Å². The van der Waals surface area contributed by atoms with Gasteiger partial charge in [0.25, 0.3) is 0 Å². The first-order chi connectivity index (χ1) is 25.7. The Bertz CT molecular complexity index is 2070. The third-order valence-corrected chi connectivity index (χ3v) is 12.0. The first kappa shape index (κ1) is 36.0. The van der Waals surface area contributed by atoms with E-state index in [1.807, 2.05) is 22.9 Å². The maximum atomic E-state index is 16.9. The molecule has 14 heteroatoms. The van der Waals surface area contributed by atoms with Gasteiger partial charge in [-0.15, -0.1) is 0 Å².